The number of nitrogens with zero attached hydrogens (tertiary/aromatic N) is 1. The molecular formula is C14H8Cl4FNO3S. The first-order valence-electron chi connectivity index (χ1n) is 6.24. The third kappa shape index (κ3) is 4.13. The van der Waals surface area contributed by atoms with E-state index >= 15 is 0 Å². The predicted molar refractivity (Wildman–Crippen MR) is 93.3 cm³/mol. The fraction of sp³-hybridized carbons (Fsp3) is 0.0714. The minimum Gasteiger partial charge on any atom is -0.279 e. The number of sulfonamides is 1. The van der Waals surface area contributed by atoms with Crippen molar-refractivity contribution < 1.29 is 17.6 Å². The summed E-state index contributed by atoms with van der Waals surface area (Å²) in [7, 11) is -4.24. The van der Waals surface area contributed by atoms with Gasteiger partial charge in [-0.2, -0.15) is 0 Å². The van der Waals surface area contributed by atoms with Gasteiger partial charge in [0.15, 0.2) is 0 Å². The topological polar surface area (TPSA) is 54.5 Å². The molecular weight excluding hydrogens is 423 g/mol. The fourth-order valence-electron chi connectivity index (χ4n) is 1.85. The maximum Gasteiger partial charge on any atom is 0.264 e. The quantitative estimate of drug-likeness (QED) is 0.508. The van der Waals surface area contributed by atoms with Gasteiger partial charge in [0.1, 0.15) is 12.4 Å². The first kappa shape index (κ1) is 19.3. The molecule has 10 heteroatoms. The van der Waals surface area contributed by atoms with Gasteiger partial charge in [-0.25, -0.2) is 12.8 Å². The summed E-state index contributed by atoms with van der Waals surface area (Å²) in [6.07, 6.45) is 0. The molecule has 2 aromatic rings. The van der Waals surface area contributed by atoms with Crippen LogP contribution < -0.4 is 4.31 Å². The molecule has 0 aliphatic rings. The number of carbonyl (C=O) groups excluding carboxylic acids is 1. The Morgan fingerprint density at radius 2 is 1.54 bits per heavy atom. The van der Waals surface area contributed by atoms with Crippen LogP contribution in [0.5, 0.6) is 0 Å². The van der Waals surface area contributed by atoms with Crippen LogP contribution in [-0.2, 0) is 14.8 Å². The van der Waals surface area contributed by atoms with Crippen LogP contribution in [0.4, 0.5) is 10.1 Å². The molecule has 0 aromatic heterocycles. The van der Waals surface area contributed by atoms with E-state index in [1.54, 1.807) is 0 Å². The molecule has 0 atom stereocenters. The van der Waals surface area contributed by atoms with Gasteiger partial charge >= 0.3 is 0 Å². The highest BCUT2D eigenvalue weighted by Gasteiger charge is 2.29. The number of hydrogen-bond donors (Lipinski definition) is 0. The lowest BCUT2D eigenvalue weighted by atomic mass is 10.3. The van der Waals surface area contributed by atoms with Crippen molar-refractivity contribution in [1.29, 1.82) is 0 Å². The SMILES string of the molecule is O=C(Cl)CN(c1cc(Cl)c(Cl)cc1Cl)S(=O)(=O)c1ccc(F)cc1. The fourth-order valence-corrected chi connectivity index (χ4v) is 4.16. The third-order valence-corrected chi connectivity index (χ3v) is 5.85. The average Bonchev–Trinajstić information content (AvgIpc) is 2.49. The van der Waals surface area contributed by atoms with Crippen molar-refractivity contribution in [3.63, 3.8) is 0 Å². The smallest absolute Gasteiger partial charge is 0.264 e. The first-order chi connectivity index (χ1) is 11.1. The summed E-state index contributed by atoms with van der Waals surface area (Å²) in [4.78, 5) is 11.1. The molecule has 0 spiro atoms. The molecule has 0 bridgehead atoms. The molecule has 2 rings (SSSR count). The molecule has 24 heavy (non-hydrogen) atoms. The molecule has 2 aromatic carbocycles. The Labute approximate surface area is 157 Å². The summed E-state index contributed by atoms with van der Waals surface area (Å²) >= 11 is 23.1. The van der Waals surface area contributed by atoms with E-state index in [9.17, 15) is 17.6 Å². The van der Waals surface area contributed by atoms with E-state index in [0.29, 0.717) is 4.31 Å². The maximum absolute atomic E-state index is 13.0. The Morgan fingerprint density at radius 3 is 2.08 bits per heavy atom. The van der Waals surface area contributed by atoms with Crippen molar-refractivity contribution in [1.82, 2.24) is 0 Å². The number of halogens is 5. The van der Waals surface area contributed by atoms with Crippen molar-refractivity contribution in [3.05, 3.63) is 57.3 Å². The maximum atomic E-state index is 13.0. The standard InChI is InChI=1S/C14H8Cl4FNO3S/c15-10-5-12(17)13(6-11(10)16)20(7-14(18)21)24(22,23)9-3-1-8(19)2-4-9/h1-6H,7H2. The van der Waals surface area contributed by atoms with Gasteiger partial charge in [0, 0.05) is 0 Å². The number of anilines is 1. The molecule has 0 radical (unpaired) electrons. The lowest BCUT2D eigenvalue weighted by Gasteiger charge is -2.24. The predicted octanol–water partition coefficient (Wildman–Crippen LogP) is 4.75. The van der Waals surface area contributed by atoms with Gasteiger partial charge < -0.3 is 0 Å². The molecule has 0 aliphatic carbocycles. The van der Waals surface area contributed by atoms with Gasteiger partial charge in [-0.15, -0.1) is 0 Å². The van der Waals surface area contributed by atoms with Crippen LogP contribution in [-0.4, -0.2) is 20.2 Å². The molecule has 0 fully saturated rings. The Morgan fingerprint density at radius 1 is 1.00 bits per heavy atom. The number of benzene rings is 2. The van der Waals surface area contributed by atoms with Crippen LogP contribution in [0, 0.1) is 5.82 Å². The lowest BCUT2D eigenvalue weighted by molar-refractivity contribution is -0.110. The highest BCUT2D eigenvalue weighted by Crippen LogP contribution is 2.37. The van der Waals surface area contributed by atoms with Gasteiger partial charge in [-0.3, -0.25) is 9.10 Å². The van der Waals surface area contributed by atoms with Crippen LogP contribution in [0.1, 0.15) is 0 Å². The number of rotatable bonds is 5. The van der Waals surface area contributed by atoms with E-state index in [0.717, 1.165) is 24.3 Å². The lowest BCUT2D eigenvalue weighted by Crippen LogP contribution is -2.34. The summed E-state index contributed by atoms with van der Waals surface area (Å²) in [5.74, 6) is -0.610. The van der Waals surface area contributed by atoms with Crippen molar-refractivity contribution in [2.24, 2.45) is 0 Å². The monoisotopic (exact) mass is 429 g/mol. The van der Waals surface area contributed by atoms with Crippen molar-refractivity contribution in [3.8, 4) is 0 Å². The zero-order valence-corrected chi connectivity index (χ0v) is 15.5. The van der Waals surface area contributed by atoms with Crippen LogP contribution in [0.25, 0.3) is 0 Å². The van der Waals surface area contributed by atoms with Crippen molar-refractivity contribution >= 4 is 67.4 Å². The molecule has 0 heterocycles. The van der Waals surface area contributed by atoms with E-state index in [1.165, 1.54) is 12.1 Å². The number of hydrogen-bond acceptors (Lipinski definition) is 3. The van der Waals surface area contributed by atoms with Gasteiger partial charge in [0.2, 0.25) is 5.24 Å². The molecule has 0 amide bonds. The highest BCUT2D eigenvalue weighted by atomic mass is 35.5. The second-order valence-corrected chi connectivity index (χ2v) is 8.04. The highest BCUT2D eigenvalue weighted by molar-refractivity contribution is 7.92. The summed E-state index contributed by atoms with van der Waals surface area (Å²) in [5, 5.41) is -0.838. The summed E-state index contributed by atoms with van der Waals surface area (Å²) in [6.45, 7) is -0.695. The second-order valence-electron chi connectivity index (χ2n) is 4.54. The largest absolute Gasteiger partial charge is 0.279 e. The van der Waals surface area contributed by atoms with Gasteiger partial charge in [-0.05, 0) is 48.0 Å². The van der Waals surface area contributed by atoms with Crippen LogP contribution in [0.2, 0.25) is 15.1 Å². The van der Waals surface area contributed by atoms with Crippen molar-refractivity contribution in [2.75, 3.05) is 10.8 Å². The average molecular weight is 431 g/mol. The summed E-state index contributed by atoms with van der Waals surface area (Å²) in [6, 6.07) is 6.51. The van der Waals surface area contributed by atoms with E-state index in [4.69, 9.17) is 46.4 Å². The third-order valence-electron chi connectivity index (χ3n) is 2.93. The summed E-state index contributed by atoms with van der Waals surface area (Å²) in [5.41, 5.74) is -0.0793. The van der Waals surface area contributed by atoms with Gasteiger partial charge in [0.25, 0.3) is 10.0 Å². The van der Waals surface area contributed by atoms with Gasteiger partial charge in [0.05, 0.1) is 25.7 Å². The first-order valence-corrected chi connectivity index (χ1v) is 9.19. The van der Waals surface area contributed by atoms with E-state index in [-0.39, 0.29) is 25.7 Å². The molecule has 0 unspecified atom stereocenters. The minimum absolute atomic E-state index is 0.0393. The van der Waals surface area contributed by atoms with E-state index < -0.39 is 27.6 Å². The Bertz CT molecular complexity index is 888. The van der Waals surface area contributed by atoms with E-state index in [1.807, 2.05) is 0 Å². The van der Waals surface area contributed by atoms with Crippen LogP contribution >= 0.6 is 46.4 Å². The van der Waals surface area contributed by atoms with Gasteiger partial charge in [-0.1, -0.05) is 34.8 Å². The second kappa shape index (κ2) is 7.45. The zero-order chi connectivity index (χ0) is 18.1. The van der Waals surface area contributed by atoms with E-state index in [2.05, 4.69) is 0 Å². The molecule has 128 valence electrons. The molecule has 0 N–H and O–H groups in total. The molecule has 0 saturated heterocycles. The Balaban J connectivity index is 2.63. The zero-order valence-electron chi connectivity index (χ0n) is 11.6. The Kier molecular flexibility index (Phi) is 5.99. The molecule has 0 saturated carbocycles. The van der Waals surface area contributed by atoms with Crippen LogP contribution in [0.3, 0.4) is 0 Å². The normalized spacial score (nSPS) is 11.4. The number of carbonyl (C=O) groups is 1. The summed E-state index contributed by atoms with van der Waals surface area (Å²) < 4.78 is 39.3. The molecule has 4 nitrogen and oxygen atoms in total. The minimum atomic E-state index is -4.24. The Hall–Kier alpha value is -1.05. The van der Waals surface area contributed by atoms with Crippen molar-refractivity contribution in [2.45, 2.75) is 4.90 Å². The molecule has 0 aliphatic heterocycles. The van der Waals surface area contributed by atoms with Crippen LogP contribution in [0.15, 0.2) is 41.3 Å².